The van der Waals surface area contributed by atoms with E-state index in [1.54, 1.807) is 0 Å². The van der Waals surface area contributed by atoms with Gasteiger partial charge in [0.1, 0.15) is 12.2 Å². The molecule has 0 radical (unpaired) electrons. The minimum absolute atomic E-state index is 0.0514. The number of rotatable bonds is 8. The Labute approximate surface area is 171 Å². The first-order chi connectivity index (χ1) is 13.9. The molecule has 1 heterocycles. The van der Waals surface area contributed by atoms with Crippen LogP contribution in [0.2, 0.25) is 0 Å². The second-order valence-corrected chi connectivity index (χ2v) is 8.82. The summed E-state index contributed by atoms with van der Waals surface area (Å²) in [6.45, 7) is 0. The fourth-order valence-electron chi connectivity index (χ4n) is 3.16. The van der Waals surface area contributed by atoms with Crippen LogP contribution in [0.1, 0.15) is 34.9 Å². The second kappa shape index (κ2) is 8.87. The number of ether oxygens (including phenoxy) is 1. The Balaban J connectivity index is 2.11. The van der Waals surface area contributed by atoms with Crippen molar-refractivity contribution in [3.63, 3.8) is 0 Å². The van der Waals surface area contributed by atoms with Crippen molar-refractivity contribution in [2.24, 2.45) is 0 Å². The highest BCUT2D eigenvalue weighted by Gasteiger charge is 2.32. The van der Waals surface area contributed by atoms with Gasteiger partial charge in [0.15, 0.2) is 5.82 Å². The van der Waals surface area contributed by atoms with E-state index in [0.717, 1.165) is 19.4 Å². The number of benzene rings is 2. The molecule has 0 aliphatic rings. The first-order valence-electron chi connectivity index (χ1n) is 9.16. The van der Waals surface area contributed by atoms with Crippen LogP contribution in [-0.4, -0.2) is 48.0 Å². The molecule has 0 saturated heterocycles. The summed E-state index contributed by atoms with van der Waals surface area (Å²) in [7, 11) is 0.446. The molecule has 8 heteroatoms. The summed E-state index contributed by atoms with van der Waals surface area (Å²) >= 11 is 0. The predicted molar refractivity (Wildman–Crippen MR) is 111 cm³/mol. The van der Waals surface area contributed by atoms with Gasteiger partial charge in [0, 0.05) is 27.6 Å². The van der Waals surface area contributed by atoms with Gasteiger partial charge in [-0.25, -0.2) is 8.96 Å². The predicted octanol–water partition coefficient (Wildman–Crippen LogP) is 2.55. The number of hydrogen-bond donors (Lipinski definition) is 1. The summed E-state index contributed by atoms with van der Waals surface area (Å²) < 4.78 is 34.1. The Bertz CT molecular complexity index is 1030. The van der Waals surface area contributed by atoms with Crippen molar-refractivity contribution in [3.05, 3.63) is 89.5 Å². The molecule has 0 spiro atoms. The number of aliphatic hydroxyl groups excluding tert-OH is 1. The summed E-state index contributed by atoms with van der Waals surface area (Å²) in [5.74, 6) is 0.0514. The quantitative estimate of drug-likeness (QED) is 0.611. The number of aromatic nitrogens is 2. The minimum Gasteiger partial charge on any atom is -0.385 e. The zero-order valence-electron chi connectivity index (χ0n) is 16.6. The topological polar surface area (TPSA) is 84.7 Å². The van der Waals surface area contributed by atoms with Gasteiger partial charge in [0.25, 0.3) is 0 Å². The van der Waals surface area contributed by atoms with Crippen LogP contribution in [-0.2, 0) is 21.4 Å². The van der Waals surface area contributed by atoms with Crippen LogP contribution in [0.4, 0.5) is 0 Å². The summed E-state index contributed by atoms with van der Waals surface area (Å²) in [5, 5.41) is 10.8. The molecule has 2 aromatic carbocycles. The first-order valence-corrected chi connectivity index (χ1v) is 10.6. The standard InChI is InChI=1S/C21H25N3O4S/c1-23(2)29(26,27)24-18(20(28-3)17-12-8-5-9-13-17)15-22-21(24)19(25)14-16-10-6-4-7-11-16/h4-13,15,19-20,25H,14H2,1-3H3/t19-,20?/m0/s1. The minimum atomic E-state index is -3.95. The lowest BCUT2D eigenvalue weighted by Crippen LogP contribution is -2.33. The highest BCUT2D eigenvalue weighted by molar-refractivity contribution is 7.87. The number of hydrogen-bond acceptors (Lipinski definition) is 5. The highest BCUT2D eigenvalue weighted by atomic mass is 32.2. The molecule has 0 aliphatic carbocycles. The van der Waals surface area contributed by atoms with E-state index in [-0.39, 0.29) is 12.2 Å². The van der Waals surface area contributed by atoms with E-state index >= 15 is 0 Å². The van der Waals surface area contributed by atoms with Crippen molar-refractivity contribution >= 4 is 10.2 Å². The Morgan fingerprint density at radius 1 is 1.07 bits per heavy atom. The van der Waals surface area contributed by atoms with Crippen molar-refractivity contribution in [1.82, 2.24) is 13.3 Å². The smallest absolute Gasteiger partial charge is 0.308 e. The van der Waals surface area contributed by atoms with Gasteiger partial charge < -0.3 is 9.84 Å². The van der Waals surface area contributed by atoms with Crippen LogP contribution in [0.25, 0.3) is 0 Å². The lowest BCUT2D eigenvalue weighted by atomic mass is 10.1. The average Bonchev–Trinajstić information content (AvgIpc) is 3.16. The van der Waals surface area contributed by atoms with E-state index in [1.807, 2.05) is 60.7 Å². The Hall–Kier alpha value is -2.52. The van der Waals surface area contributed by atoms with Crippen LogP contribution in [0.3, 0.4) is 0 Å². The number of nitrogens with zero attached hydrogens (tertiary/aromatic N) is 3. The normalized spacial score (nSPS) is 14.1. The van der Waals surface area contributed by atoms with E-state index < -0.39 is 22.4 Å². The van der Waals surface area contributed by atoms with Gasteiger partial charge in [-0.1, -0.05) is 60.7 Å². The molecule has 3 rings (SSSR count). The Morgan fingerprint density at radius 2 is 1.66 bits per heavy atom. The van der Waals surface area contributed by atoms with Crippen molar-refractivity contribution < 1.29 is 18.3 Å². The van der Waals surface area contributed by atoms with Crippen molar-refractivity contribution in [1.29, 1.82) is 0 Å². The molecule has 0 amide bonds. The van der Waals surface area contributed by atoms with Crippen molar-refractivity contribution in [2.45, 2.75) is 18.6 Å². The third kappa shape index (κ3) is 4.40. The van der Waals surface area contributed by atoms with Gasteiger partial charge >= 0.3 is 10.2 Å². The summed E-state index contributed by atoms with van der Waals surface area (Å²) in [4.78, 5) is 4.28. The van der Waals surface area contributed by atoms with E-state index in [0.29, 0.717) is 5.69 Å². The van der Waals surface area contributed by atoms with Gasteiger partial charge in [-0.2, -0.15) is 12.7 Å². The lowest BCUT2D eigenvalue weighted by molar-refractivity contribution is 0.130. The van der Waals surface area contributed by atoms with Crippen LogP contribution >= 0.6 is 0 Å². The average molecular weight is 416 g/mol. The van der Waals surface area contributed by atoms with Gasteiger partial charge in [-0.05, 0) is 11.1 Å². The third-order valence-electron chi connectivity index (χ3n) is 4.64. The molecule has 0 bridgehead atoms. The number of methoxy groups -OCH3 is 1. The summed E-state index contributed by atoms with van der Waals surface area (Å²) in [5.41, 5.74) is 1.99. The van der Waals surface area contributed by atoms with Crippen molar-refractivity contribution in [2.75, 3.05) is 21.2 Å². The zero-order chi connectivity index (χ0) is 21.0. The molecule has 2 atom stereocenters. The number of aliphatic hydroxyl groups is 1. The molecule has 1 N–H and O–H groups in total. The molecular formula is C21H25N3O4S. The second-order valence-electron chi connectivity index (χ2n) is 6.83. The van der Waals surface area contributed by atoms with E-state index in [1.165, 1.54) is 27.4 Å². The molecule has 1 aromatic heterocycles. The van der Waals surface area contributed by atoms with Gasteiger partial charge in [0.05, 0.1) is 11.9 Å². The third-order valence-corrected chi connectivity index (χ3v) is 6.42. The monoisotopic (exact) mass is 415 g/mol. The largest absolute Gasteiger partial charge is 0.385 e. The molecule has 154 valence electrons. The summed E-state index contributed by atoms with van der Waals surface area (Å²) in [6.07, 6.45) is -0.0695. The summed E-state index contributed by atoms with van der Waals surface area (Å²) in [6, 6.07) is 18.7. The van der Waals surface area contributed by atoms with Crippen LogP contribution in [0.5, 0.6) is 0 Å². The van der Waals surface area contributed by atoms with Gasteiger partial charge in [-0.15, -0.1) is 0 Å². The van der Waals surface area contributed by atoms with E-state index in [2.05, 4.69) is 4.98 Å². The van der Waals surface area contributed by atoms with Gasteiger partial charge in [0.2, 0.25) is 0 Å². The molecule has 7 nitrogen and oxygen atoms in total. The Kier molecular flexibility index (Phi) is 6.49. The molecule has 29 heavy (non-hydrogen) atoms. The van der Waals surface area contributed by atoms with Crippen LogP contribution in [0, 0.1) is 0 Å². The van der Waals surface area contributed by atoms with Crippen LogP contribution < -0.4 is 0 Å². The maximum Gasteiger partial charge on any atom is 0.308 e. The fraction of sp³-hybridized carbons (Fsp3) is 0.286. The molecule has 0 fully saturated rings. The molecule has 0 saturated carbocycles. The molecular weight excluding hydrogens is 390 g/mol. The fourth-order valence-corrected chi connectivity index (χ4v) is 4.30. The maximum absolute atomic E-state index is 13.1. The van der Waals surface area contributed by atoms with Gasteiger partial charge in [-0.3, -0.25) is 0 Å². The lowest BCUT2D eigenvalue weighted by Gasteiger charge is -2.23. The molecule has 1 unspecified atom stereocenters. The number of imidazole rings is 1. The van der Waals surface area contributed by atoms with Crippen molar-refractivity contribution in [3.8, 4) is 0 Å². The highest BCUT2D eigenvalue weighted by Crippen LogP contribution is 2.30. The zero-order valence-corrected chi connectivity index (χ0v) is 17.5. The maximum atomic E-state index is 13.1. The SMILES string of the molecule is COC(c1ccccc1)c1cnc([C@@H](O)Cc2ccccc2)n1S(=O)(=O)N(C)C. The molecule has 0 aliphatic heterocycles. The Morgan fingerprint density at radius 3 is 2.21 bits per heavy atom. The van der Waals surface area contributed by atoms with Crippen LogP contribution in [0.15, 0.2) is 66.9 Å². The first kappa shape index (κ1) is 21.2. The molecule has 3 aromatic rings. The van der Waals surface area contributed by atoms with E-state index in [9.17, 15) is 13.5 Å². The van der Waals surface area contributed by atoms with E-state index in [4.69, 9.17) is 4.74 Å².